The molecule has 0 aliphatic rings. The van der Waals surface area contributed by atoms with Gasteiger partial charge in [-0.1, -0.05) is 0 Å². The fraction of sp³-hybridized carbons (Fsp3) is 0.200. The van der Waals surface area contributed by atoms with Crippen LogP contribution in [0.2, 0.25) is 0 Å². The second kappa shape index (κ2) is 4.21. The topological polar surface area (TPSA) is 60.0 Å². The van der Waals surface area contributed by atoms with Gasteiger partial charge in [-0.15, -0.1) is 5.10 Å². The summed E-state index contributed by atoms with van der Waals surface area (Å²) in [5.74, 6) is -2.19. The normalized spacial score (nSPS) is 12.9. The number of aromatic nitrogens is 3. The van der Waals surface area contributed by atoms with Gasteiger partial charge in [0.15, 0.2) is 0 Å². The van der Waals surface area contributed by atoms with Crippen molar-refractivity contribution in [3.05, 3.63) is 40.3 Å². The quantitative estimate of drug-likeness (QED) is 0.892. The van der Waals surface area contributed by atoms with Gasteiger partial charge in [-0.25, -0.2) is 13.8 Å². The van der Waals surface area contributed by atoms with Gasteiger partial charge < -0.3 is 5.11 Å². The predicted molar refractivity (Wildman–Crippen MR) is 55.4 cm³/mol. The molecule has 0 atom stereocenters. The number of hydrogen-bond acceptors (Lipinski definition) is 3. The molecule has 2 rings (SSSR count). The third-order valence-electron chi connectivity index (χ3n) is 2.19. The van der Waals surface area contributed by atoms with Crippen LogP contribution in [0.1, 0.15) is 15.1 Å². The highest BCUT2D eigenvalue weighted by Gasteiger charge is 2.20. The molecule has 1 aromatic carbocycles. The Hall–Kier alpha value is -2.25. The Bertz CT molecular complexity index is 700. The molecule has 0 fully saturated rings. The van der Waals surface area contributed by atoms with Crippen molar-refractivity contribution in [3.8, 4) is 11.4 Å². The molecule has 0 radical (unpaired) electrons. The van der Waals surface area contributed by atoms with Gasteiger partial charge in [-0.05, 0) is 19.0 Å². The molecular weight excluding hydrogens is 251 g/mol. The SMILES string of the molecule is [2H]C([2H])c1nn(-c2cc(O)ccc2F)c(=O)n1C(F)F. The fourth-order valence-electron chi connectivity index (χ4n) is 1.40. The summed E-state index contributed by atoms with van der Waals surface area (Å²) in [5.41, 5.74) is -1.94. The van der Waals surface area contributed by atoms with E-state index in [9.17, 15) is 23.1 Å². The Morgan fingerprint density at radius 3 is 2.78 bits per heavy atom. The number of phenolic OH excluding ortho intramolecular Hbond substituents is 1. The number of halogens is 3. The van der Waals surface area contributed by atoms with Crippen molar-refractivity contribution in [1.82, 2.24) is 14.3 Å². The molecule has 1 aromatic heterocycles. The zero-order valence-electron chi connectivity index (χ0n) is 10.7. The number of rotatable bonds is 2. The first-order valence-electron chi connectivity index (χ1n) is 5.81. The van der Waals surface area contributed by atoms with E-state index in [1.807, 2.05) is 0 Å². The molecule has 0 saturated heterocycles. The highest BCUT2D eigenvalue weighted by molar-refractivity contribution is 5.39. The third-order valence-corrected chi connectivity index (χ3v) is 2.19. The lowest BCUT2D eigenvalue weighted by Gasteiger charge is -2.02. The van der Waals surface area contributed by atoms with Gasteiger partial charge in [-0.3, -0.25) is 0 Å². The molecule has 5 nitrogen and oxygen atoms in total. The van der Waals surface area contributed by atoms with Crippen LogP contribution >= 0.6 is 0 Å². The lowest BCUT2D eigenvalue weighted by atomic mass is 10.3. The van der Waals surface area contributed by atoms with Crippen LogP contribution in [0.4, 0.5) is 13.2 Å². The van der Waals surface area contributed by atoms with E-state index >= 15 is 0 Å². The predicted octanol–water partition coefficient (Wildman–Crippen LogP) is 1.58. The highest BCUT2D eigenvalue weighted by Crippen LogP contribution is 2.18. The van der Waals surface area contributed by atoms with Gasteiger partial charge >= 0.3 is 12.2 Å². The van der Waals surface area contributed by atoms with Crippen molar-refractivity contribution in [1.29, 1.82) is 0 Å². The maximum Gasteiger partial charge on any atom is 0.355 e. The molecule has 1 N–H and O–H groups in total. The maximum atomic E-state index is 13.6. The first-order valence-corrected chi connectivity index (χ1v) is 4.66. The average molecular weight is 261 g/mol. The monoisotopic (exact) mass is 261 g/mol. The van der Waals surface area contributed by atoms with Gasteiger partial charge in [0.05, 0.1) is 0 Å². The molecule has 0 amide bonds. The number of hydrogen-bond donors (Lipinski definition) is 1. The van der Waals surface area contributed by atoms with Crippen molar-refractivity contribution < 1.29 is 21.0 Å². The molecule has 0 aliphatic heterocycles. The molecule has 0 spiro atoms. The zero-order chi connectivity index (χ0) is 15.0. The van der Waals surface area contributed by atoms with Gasteiger partial charge in [0, 0.05) is 8.81 Å². The van der Waals surface area contributed by atoms with E-state index in [1.54, 1.807) is 0 Å². The van der Waals surface area contributed by atoms with Gasteiger partial charge in [0.25, 0.3) is 0 Å². The van der Waals surface area contributed by atoms with Crippen LogP contribution in [0.25, 0.3) is 5.69 Å². The van der Waals surface area contributed by atoms with Crippen LogP contribution in [0.5, 0.6) is 5.75 Å². The largest absolute Gasteiger partial charge is 0.508 e. The Labute approximate surface area is 102 Å². The Kier molecular flexibility index (Phi) is 2.28. The van der Waals surface area contributed by atoms with E-state index in [4.69, 9.17) is 2.74 Å². The van der Waals surface area contributed by atoms with E-state index in [2.05, 4.69) is 5.10 Å². The fourth-order valence-corrected chi connectivity index (χ4v) is 1.40. The van der Waals surface area contributed by atoms with Crippen LogP contribution in [0.3, 0.4) is 0 Å². The lowest BCUT2D eigenvalue weighted by Crippen LogP contribution is -2.25. The lowest BCUT2D eigenvalue weighted by molar-refractivity contribution is 0.0640. The number of aryl methyl sites for hydroxylation is 1. The Morgan fingerprint density at radius 2 is 2.22 bits per heavy atom. The van der Waals surface area contributed by atoms with E-state index < -0.39 is 42.2 Å². The van der Waals surface area contributed by atoms with Gasteiger partial charge in [0.1, 0.15) is 23.1 Å². The minimum atomic E-state index is -3.31. The summed E-state index contributed by atoms with van der Waals surface area (Å²) in [4.78, 5) is 11.8. The molecule has 0 aliphatic carbocycles. The minimum absolute atomic E-state index is 0.172. The summed E-state index contributed by atoms with van der Waals surface area (Å²) in [5, 5.41) is 12.6. The van der Waals surface area contributed by atoms with Crippen LogP contribution in [0, 0.1) is 12.7 Å². The number of alkyl halides is 2. The van der Waals surface area contributed by atoms with Gasteiger partial charge in [-0.2, -0.15) is 13.5 Å². The first-order chi connectivity index (χ1) is 9.32. The first kappa shape index (κ1) is 9.75. The molecule has 8 heteroatoms. The van der Waals surface area contributed by atoms with Crippen LogP contribution in [-0.2, 0) is 0 Å². The highest BCUT2D eigenvalue weighted by atomic mass is 19.3. The van der Waals surface area contributed by atoms with E-state index in [-0.39, 0.29) is 9.25 Å². The minimum Gasteiger partial charge on any atom is -0.508 e. The molecular formula is C10H8F3N3O2. The Morgan fingerprint density at radius 1 is 1.50 bits per heavy atom. The number of aromatic hydroxyl groups is 1. The second-order valence-corrected chi connectivity index (χ2v) is 3.34. The molecule has 0 bridgehead atoms. The standard InChI is InChI=1S/C10H8F3N3O2/c1-5-14-16(10(18)15(5)9(12)13)8-4-6(17)2-3-7(8)11/h2-4,9,17H,1H3/i1D2. The molecule has 18 heavy (non-hydrogen) atoms. The van der Waals surface area contributed by atoms with Crippen molar-refractivity contribution in [3.63, 3.8) is 0 Å². The summed E-state index contributed by atoms with van der Waals surface area (Å²) < 4.78 is 53.4. The second-order valence-electron chi connectivity index (χ2n) is 3.34. The zero-order valence-corrected chi connectivity index (χ0v) is 8.72. The maximum absolute atomic E-state index is 13.6. The smallest absolute Gasteiger partial charge is 0.355 e. The molecule has 2 aromatic rings. The molecule has 0 unspecified atom stereocenters. The van der Waals surface area contributed by atoms with Crippen molar-refractivity contribution in [2.45, 2.75) is 13.4 Å². The number of benzene rings is 1. The number of phenols is 1. The average Bonchev–Trinajstić information content (AvgIpc) is 2.70. The summed E-state index contributed by atoms with van der Waals surface area (Å²) >= 11 is 0. The summed E-state index contributed by atoms with van der Waals surface area (Å²) in [7, 11) is 0. The molecule has 0 saturated carbocycles. The Balaban J connectivity index is 2.73. The van der Waals surface area contributed by atoms with E-state index in [0.717, 1.165) is 18.2 Å². The van der Waals surface area contributed by atoms with E-state index in [0.29, 0.717) is 0 Å². The van der Waals surface area contributed by atoms with E-state index in [1.165, 1.54) is 0 Å². The summed E-state index contributed by atoms with van der Waals surface area (Å²) in [6.07, 6.45) is 0. The third kappa shape index (κ3) is 1.85. The van der Waals surface area contributed by atoms with Gasteiger partial charge in [0.2, 0.25) is 0 Å². The van der Waals surface area contributed by atoms with Crippen LogP contribution in [0.15, 0.2) is 23.0 Å². The number of nitrogens with zero attached hydrogens (tertiary/aromatic N) is 3. The molecule has 1 heterocycles. The summed E-state index contributed by atoms with van der Waals surface area (Å²) in [6.45, 7) is -5.26. The summed E-state index contributed by atoms with van der Waals surface area (Å²) in [6, 6.07) is 2.66. The van der Waals surface area contributed by atoms with Crippen molar-refractivity contribution in [2.24, 2.45) is 0 Å². The van der Waals surface area contributed by atoms with Crippen molar-refractivity contribution in [2.75, 3.05) is 0 Å². The molecule has 96 valence electrons. The van der Waals surface area contributed by atoms with Crippen LogP contribution < -0.4 is 5.69 Å². The van der Waals surface area contributed by atoms with Crippen molar-refractivity contribution >= 4 is 0 Å². The van der Waals surface area contributed by atoms with Crippen LogP contribution in [-0.4, -0.2) is 19.5 Å².